The maximum Gasteiger partial charge on any atom is 0.330 e. The van der Waals surface area contributed by atoms with E-state index >= 15 is 0 Å². The van der Waals surface area contributed by atoms with E-state index in [-0.39, 0.29) is 18.2 Å². The summed E-state index contributed by atoms with van der Waals surface area (Å²) in [5, 5.41) is 0. The molecule has 1 rings (SSSR count). The SMILES string of the molecule is COC(=O)/C=C1/CC(C)OC1C. The van der Waals surface area contributed by atoms with Crippen LogP contribution in [0.25, 0.3) is 0 Å². The fraction of sp³-hybridized carbons (Fsp3) is 0.667. The van der Waals surface area contributed by atoms with Crippen molar-refractivity contribution in [2.75, 3.05) is 7.11 Å². The van der Waals surface area contributed by atoms with E-state index in [1.165, 1.54) is 13.2 Å². The van der Waals surface area contributed by atoms with Gasteiger partial charge in [-0.25, -0.2) is 4.79 Å². The minimum absolute atomic E-state index is 0.0547. The monoisotopic (exact) mass is 170 g/mol. The normalized spacial score (nSPS) is 32.4. The molecule has 0 aromatic heterocycles. The zero-order valence-electron chi connectivity index (χ0n) is 7.66. The first-order valence-electron chi connectivity index (χ1n) is 4.07. The Morgan fingerprint density at radius 2 is 2.33 bits per heavy atom. The van der Waals surface area contributed by atoms with Gasteiger partial charge in [0, 0.05) is 6.08 Å². The standard InChI is InChI=1S/C9H14O3/c1-6-4-8(7(2)12-6)5-9(10)11-3/h5-7H,4H2,1-3H3/b8-5-. The predicted octanol–water partition coefficient (Wildman–Crippen LogP) is 1.28. The quantitative estimate of drug-likeness (QED) is 0.439. The highest BCUT2D eigenvalue weighted by Gasteiger charge is 2.23. The topological polar surface area (TPSA) is 35.5 Å². The number of hydrogen-bond donors (Lipinski definition) is 0. The van der Waals surface area contributed by atoms with Crippen LogP contribution in [0, 0.1) is 0 Å². The minimum Gasteiger partial charge on any atom is -0.466 e. The highest BCUT2D eigenvalue weighted by molar-refractivity contribution is 5.82. The molecule has 12 heavy (non-hydrogen) atoms. The predicted molar refractivity (Wildman–Crippen MR) is 44.7 cm³/mol. The number of carbonyl (C=O) groups excluding carboxylic acids is 1. The Kier molecular flexibility index (Phi) is 2.87. The van der Waals surface area contributed by atoms with Gasteiger partial charge in [-0.05, 0) is 25.8 Å². The lowest BCUT2D eigenvalue weighted by Crippen LogP contribution is -2.05. The van der Waals surface area contributed by atoms with Gasteiger partial charge in [-0.2, -0.15) is 0 Å². The van der Waals surface area contributed by atoms with Crippen molar-refractivity contribution in [3.8, 4) is 0 Å². The van der Waals surface area contributed by atoms with Crippen LogP contribution >= 0.6 is 0 Å². The van der Waals surface area contributed by atoms with Crippen LogP contribution in [0.3, 0.4) is 0 Å². The van der Waals surface area contributed by atoms with Gasteiger partial charge >= 0.3 is 5.97 Å². The van der Waals surface area contributed by atoms with Gasteiger partial charge in [-0.3, -0.25) is 0 Å². The van der Waals surface area contributed by atoms with Gasteiger partial charge in [-0.1, -0.05) is 0 Å². The van der Waals surface area contributed by atoms with Crippen molar-refractivity contribution >= 4 is 5.97 Å². The number of esters is 1. The highest BCUT2D eigenvalue weighted by atomic mass is 16.5. The number of rotatable bonds is 1. The molecule has 1 aliphatic heterocycles. The van der Waals surface area contributed by atoms with Crippen LogP contribution in [-0.4, -0.2) is 25.3 Å². The lowest BCUT2D eigenvalue weighted by molar-refractivity contribution is -0.134. The molecule has 1 fully saturated rings. The Morgan fingerprint density at radius 1 is 1.67 bits per heavy atom. The van der Waals surface area contributed by atoms with E-state index in [4.69, 9.17) is 4.74 Å². The lowest BCUT2D eigenvalue weighted by atomic mass is 10.1. The summed E-state index contributed by atoms with van der Waals surface area (Å²) >= 11 is 0. The largest absolute Gasteiger partial charge is 0.466 e. The fourth-order valence-corrected chi connectivity index (χ4v) is 1.37. The average Bonchev–Trinajstić information content (AvgIpc) is 2.30. The molecule has 3 nitrogen and oxygen atoms in total. The molecule has 0 saturated carbocycles. The van der Waals surface area contributed by atoms with Crippen molar-refractivity contribution in [2.45, 2.75) is 32.5 Å². The summed E-state index contributed by atoms with van der Waals surface area (Å²) in [6, 6.07) is 0. The molecule has 0 spiro atoms. The van der Waals surface area contributed by atoms with Gasteiger partial charge in [0.1, 0.15) is 0 Å². The molecule has 1 aliphatic rings. The van der Waals surface area contributed by atoms with Crippen molar-refractivity contribution in [3.63, 3.8) is 0 Å². The molecule has 0 bridgehead atoms. The molecule has 1 saturated heterocycles. The second-order valence-corrected chi connectivity index (χ2v) is 3.04. The van der Waals surface area contributed by atoms with Gasteiger partial charge in [0.05, 0.1) is 19.3 Å². The Balaban J connectivity index is 2.63. The van der Waals surface area contributed by atoms with Crippen molar-refractivity contribution in [2.24, 2.45) is 0 Å². The molecule has 1 heterocycles. The first-order valence-corrected chi connectivity index (χ1v) is 4.07. The van der Waals surface area contributed by atoms with Crippen molar-refractivity contribution in [1.82, 2.24) is 0 Å². The van der Waals surface area contributed by atoms with E-state index in [0.717, 1.165) is 12.0 Å². The molecule has 0 aliphatic carbocycles. The molecule has 0 N–H and O–H groups in total. The Morgan fingerprint density at radius 3 is 2.75 bits per heavy atom. The fourth-order valence-electron chi connectivity index (χ4n) is 1.37. The summed E-state index contributed by atoms with van der Waals surface area (Å²) in [6.45, 7) is 3.94. The first kappa shape index (κ1) is 9.26. The molecule has 2 unspecified atom stereocenters. The Hall–Kier alpha value is -0.830. The zero-order valence-corrected chi connectivity index (χ0v) is 7.66. The third kappa shape index (κ3) is 2.08. The first-order chi connectivity index (χ1) is 5.63. The third-order valence-corrected chi connectivity index (χ3v) is 1.99. The van der Waals surface area contributed by atoms with E-state index < -0.39 is 0 Å². The number of hydrogen-bond acceptors (Lipinski definition) is 3. The second-order valence-electron chi connectivity index (χ2n) is 3.04. The van der Waals surface area contributed by atoms with Crippen LogP contribution in [0.15, 0.2) is 11.6 Å². The van der Waals surface area contributed by atoms with E-state index in [1.54, 1.807) is 0 Å². The summed E-state index contributed by atoms with van der Waals surface area (Å²) in [7, 11) is 1.38. The van der Waals surface area contributed by atoms with Gasteiger partial charge in [-0.15, -0.1) is 0 Å². The Labute approximate surface area is 72.4 Å². The molecule has 0 aromatic rings. The molecule has 0 amide bonds. The maximum absolute atomic E-state index is 10.9. The summed E-state index contributed by atoms with van der Waals surface area (Å²) in [5.74, 6) is -0.297. The van der Waals surface area contributed by atoms with E-state index in [9.17, 15) is 4.79 Å². The van der Waals surface area contributed by atoms with Gasteiger partial charge < -0.3 is 9.47 Å². The molecular formula is C9H14O3. The van der Waals surface area contributed by atoms with Crippen LogP contribution in [-0.2, 0) is 14.3 Å². The van der Waals surface area contributed by atoms with Crippen LogP contribution in [0.2, 0.25) is 0 Å². The number of methoxy groups -OCH3 is 1. The number of ether oxygens (including phenoxy) is 2. The maximum atomic E-state index is 10.9. The highest BCUT2D eigenvalue weighted by Crippen LogP contribution is 2.24. The van der Waals surface area contributed by atoms with Crippen molar-refractivity contribution in [1.29, 1.82) is 0 Å². The van der Waals surface area contributed by atoms with Crippen LogP contribution in [0.4, 0.5) is 0 Å². The molecule has 68 valence electrons. The van der Waals surface area contributed by atoms with E-state index in [0.29, 0.717) is 0 Å². The van der Waals surface area contributed by atoms with Crippen LogP contribution in [0.1, 0.15) is 20.3 Å². The lowest BCUT2D eigenvalue weighted by Gasteiger charge is -2.03. The average molecular weight is 170 g/mol. The molecule has 3 heteroatoms. The smallest absolute Gasteiger partial charge is 0.330 e. The van der Waals surface area contributed by atoms with E-state index in [1.807, 2.05) is 13.8 Å². The summed E-state index contributed by atoms with van der Waals surface area (Å²) in [4.78, 5) is 10.9. The van der Waals surface area contributed by atoms with Gasteiger partial charge in [0.2, 0.25) is 0 Å². The molecule has 2 atom stereocenters. The zero-order chi connectivity index (χ0) is 9.14. The minimum atomic E-state index is -0.297. The summed E-state index contributed by atoms with van der Waals surface area (Å²) in [5.41, 5.74) is 1.02. The number of carbonyl (C=O) groups is 1. The van der Waals surface area contributed by atoms with Crippen molar-refractivity contribution < 1.29 is 14.3 Å². The summed E-state index contributed by atoms with van der Waals surface area (Å²) < 4.78 is 9.97. The van der Waals surface area contributed by atoms with Gasteiger partial charge in [0.15, 0.2) is 0 Å². The van der Waals surface area contributed by atoms with Crippen LogP contribution in [0.5, 0.6) is 0 Å². The Bertz CT molecular complexity index is 208. The molecule has 0 radical (unpaired) electrons. The third-order valence-electron chi connectivity index (χ3n) is 1.99. The summed E-state index contributed by atoms with van der Waals surface area (Å²) in [6.07, 6.45) is 2.62. The molecular weight excluding hydrogens is 156 g/mol. The molecule has 0 aromatic carbocycles. The van der Waals surface area contributed by atoms with E-state index in [2.05, 4.69) is 4.74 Å². The van der Waals surface area contributed by atoms with Gasteiger partial charge in [0.25, 0.3) is 0 Å². The second kappa shape index (κ2) is 3.72. The van der Waals surface area contributed by atoms with Crippen LogP contribution < -0.4 is 0 Å². The van der Waals surface area contributed by atoms with Crippen molar-refractivity contribution in [3.05, 3.63) is 11.6 Å².